The normalized spacial score (nSPS) is 10.5. The van der Waals surface area contributed by atoms with Crippen LogP contribution < -0.4 is 19.9 Å². The topological polar surface area (TPSA) is 76.0 Å². The summed E-state index contributed by atoms with van der Waals surface area (Å²) in [4.78, 5) is 30.0. The molecule has 1 aromatic heterocycles. The average Bonchev–Trinajstić information content (AvgIpc) is 2.54. The molecule has 0 saturated carbocycles. The van der Waals surface area contributed by atoms with Crippen LogP contribution in [-0.4, -0.2) is 38.6 Å². The van der Waals surface area contributed by atoms with E-state index in [0.29, 0.717) is 22.6 Å². The third-order valence-electron chi connectivity index (χ3n) is 3.54. The summed E-state index contributed by atoms with van der Waals surface area (Å²) in [5.41, 5.74) is 0.217. The minimum atomic E-state index is -0.534. The summed E-state index contributed by atoms with van der Waals surface area (Å²) in [6, 6.07) is 3.11. The molecule has 2 rings (SSSR count). The number of nitrogens with zero attached hydrogens (tertiary/aromatic N) is 1. The maximum Gasteiger partial charge on any atom is 0.340 e. The second kappa shape index (κ2) is 6.60. The lowest BCUT2D eigenvalue weighted by Crippen LogP contribution is -2.29. The maximum atomic E-state index is 12.6. The molecule has 7 nitrogen and oxygen atoms in total. The van der Waals surface area contributed by atoms with Gasteiger partial charge in [0.2, 0.25) is 0 Å². The van der Waals surface area contributed by atoms with Crippen molar-refractivity contribution < 1.29 is 23.8 Å². The number of methoxy groups -OCH3 is 2. The number of carbonyl (C=O) groups excluding carboxylic acids is 1. The van der Waals surface area contributed by atoms with Gasteiger partial charge in [0.25, 0.3) is 5.56 Å². The number of hydrogen-bond donors (Lipinski definition) is 0. The van der Waals surface area contributed by atoms with Gasteiger partial charge in [-0.15, -0.1) is 4.73 Å². The highest BCUT2D eigenvalue weighted by Crippen LogP contribution is 2.33. The first kappa shape index (κ1) is 16.7. The molecule has 0 unspecified atom stereocenters. The number of aromatic nitrogens is 1. The highest BCUT2D eigenvalue weighted by Gasteiger charge is 2.23. The zero-order valence-corrected chi connectivity index (χ0v) is 13.8. The predicted molar refractivity (Wildman–Crippen MR) is 84.5 cm³/mol. The van der Waals surface area contributed by atoms with E-state index in [1.807, 2.05) is 0 Å². The Morgan fingerprint density at radius 2 is 1.65 bits per heavy atom. The molecule has 0 amide bonds. The minimum absolute atomic E-state index is 0.221. The van der Waals surface area contributed by atoms with Gasteiger partial charge in [-0.25, -0.2) is 4.79 Å². The van der Waals surface area contributed by atoms with E-state index in [2.05, 4.69) is 0 Å². The van der Waals surface area contributed by atoms with Crippen LogP contribution in [0.1, 0.15) is 23.0 Å². The first-order valence-corrected chi connectivity index (χ1v) is 7.03. The Balaban J connectivity index is 2.96. The molecular weight excluding hydrogens is 302 g/mol. The lowest BCUT2D eigenvalue weighted by Gasteiger charge is -2.16. The Hall–Kier alpha value is -2.70. The largest absolute Gasteiger partial charge is 0.493 e. The van der Waals surface area contributed by atoms with Crippen LogP contribution in [-0.2, 0) is 4.74 Å². The number of fused-ring (bicyclic) bond motifs is 1. The van der Waals surface area contributed by atoms with Crippen LogP contribution in [0, 0.1) is 6.92 Å². The molecule has 7 heteroatoms. The van der Waals surface area contributed by atoms with Gasteiger partial charge in [-0.05, 0) is 26.0 Å². The van der Waals surface area contributed by atoms with Crippen LogP contribution >= 0.6 is 0 Å². The fraction of sp³-hybridized carbons (Fsp3) is 0.375. The number of ether oxygens (including phenoxy) is 3. The molecule has 0 bridgehead atoms. The zero-order valence-electron chi connectivity index (χ0n) is 13.8. The van der Waals surface area contributed by atoms with E-state index in [4.69, 9.17) is 19.0 Å². The van der Waals surface area contributed by atoms with E-state index in [9.17, 15) is 9.59 Å². The summed E-state index contributed by atoms with van der Waals surface area (Å²) in [7, 11) is 4.31. The zero-order chi connectivity index (χ0) is 17.1. The molecule has 0 N–H and O–H groups in total. The molecule has 0 saturated heterocycles. The van der Waals surface area contributed by atoms with Crippen molar-refractivity contribution in [2.45, 2.75) is 13.8 Å². The first-order valence-electron chi connectivity index (χ1n) is 7.03. The molecule has 0 aliphatic carbocycles. The summed E-state index contributed by atoms with van der Waals surface area (Å²) in [6.07, 6.45) is 0. The molecule has 1 heterocycles. The van der Waals surface area contributed by atoms with Gasteiger partial charge in [-0.3, -0.25) is 4.79 Å². The molecule has 0 fully saturated rings. The quantitative estimate of drug-likeness (QED) is 0.778. The second-order valence-corrected chi connectivity index (χ2v) is 4.72. The molecular formula is C16H19NO6. The minimum Gasteiger partial charge on any atom is -0.493 e. The van der Waals surface area contributed by atoms with Gasteiger partial charge in [-0.2, -0.15) is 0 Å². The van der Waals surface area contributed by atoms with Crippen molar-refractivity contribution in [1.82, 2.24) is 4.73 Å². The van der Waals surface area contributed by atoms with Crippen LogP contribution in [0.3, 0.4) is 0 Å². The smallest absolute Gasteiger partial charge is 0.340 e. The van der Waals surface area contributed by atoms with Crippen molar-refractivity contribution in [2.24, 2.45) is 0 Å². The number of rotatable bonds is 5. The molecule has 0 atom stereocenters. The SMILES string of the molecule is CCOC(=O)c1c(C)n(OC)c(=O)c2cc(OC)c(OC)cc12. The van der Waals surface area contributed by atoms with E-state index in [0.717, 1.165) is 4.73 Å². The number of hydrogen-bond acceptors (Lipinski definition) is 6. The van der Waals surface area contributed by atoms with Gasteiger partial charge in [0.05, 0.1) is 37.5 Å². The number of esters is 1. The molecule has 2 aromatic rings. The fourth-order valence-corrected chi connectivity index (χ4v) is 2.50. The van der Waals surface area contributed by atoms with Gasteiger partial charge < -0.3 is 19.0 Å². The monoisotopic (exact) mass is 321 g/mol. The molecule has 23 heavy (non-hydrogen) atoms. The van der Waals surface area contributed by atoms with Crippen LogP contribution in [0.5, 0.6) is 11.5 Å². The predicted octanol–water partition coefficient (Wildman–Crippen LogP) is 1.56. The average molecular weight is 321 g/mol. The third kappa shape index (κ3) is 2.69. The molecule has 0 aliphatic rings. The Morgan fingerprint density at radius 3 is 2.13 bits per heavy atom. The second-order valence-electron chi connectivity index (χ2n) is 4.72. The maximum absolute atomic E-state index is 12.6. The Bertz CT molecular complexity index is 809. The molecule has 1 aromatic carbocycles. The number of benzene rings is 1. The number of pyridine rings is 1. The standard InChI is InChI=1S/C16H19NO6/c1-6-23-16(19)14-9(2)17(22-5)15(18)11-8-13(21-4)12(20-3)7-10(11)14/h7-8H,6H2,1-5H3. The van der Waals surface area contributed by atoms with Gasteiger partial charge in [0, 0.05) is 5.39 Å². The molecule has 124 valence electrons. The number of carbonyl (C=O) groups is 1. The Morgan fingerprint density at radius 1 is 1.09 bits per heavy atom. The summed E-state index contributed by atoms with van der Waals surface area (Å²) in [6.45, 7) is 3.55. The highest BCUT2D eigenvalue weighted by molar-refractivity contribution is 6.06. The van der Waals surface area contributed by atoms with E-state index in [1.165, 1.54) is 27.4 Å². The van der Waals surface area contributed by atoms with Gasteiger partial charge in [0.15, 0.2) is 11.5 Å². The van der Waals surface area contributed by atoms with Crippen LogP contribution in [0.4, 0.5) is 0 Å². The van der Waals surface area contributed by atoms with E-state index in [-0.39, 0.29) is 17.6 Å². The molecule has 0 spiro atoms. The molecule has 0 aliphatic heterocycles. The summed E-state index contributed by atoms with van der Waals surface area (Å²) >= 11 is 0. The van der Waals surface area contributed by atoms with Crippen LogP contribution in [0.2, 0.25) is 0 Å². The van der Waals surface area contributed by atoms with E-state index < -0.39 is 11.5 Å². The summed E-state index contributed by atoms with van der Waals surface area (Å²) in [5, 5.41) is 0.704. The lowest BCUT2D eigenvalue weighted by molar-refractivity contribution is 0.0521. The highest BCUT2D eigenvalue weighted by atomic mass is 16.6. The van der Waals surface area contributed by atoms with Crippen molar-refractivity contribution in [3.8, 4) is 11.5 Å². The van der Waals surface area contributed by atoms with Crippen molar-refractivity contribution in [1.29, 1.82) is 0 Å². The van der Waals surface area contributed by atoms with E-state index >= 15 is 0 Å². The molecule has 0 radical (unpaired) electrons. The summed E-state index contributed by atoms with van der Waals surface area (Å²) < 4.78 is 16.6. The van der Waals surface area contributed by atoms with Crippen molar-refractivity contribution in [3.05, 3.63) is 33.7 Å². The van der Waals surface area contributed by atoms with Crippen LogP contribution in [0.15, 0.2) is 16.9 Å². The van der Waals surface area contributed by atoms with Crippen molar-refractivity contribution in [2.75, 3.05) is 27.9 Å². The Labute approximate surface area is 133 Å². The first-order chi connectivity index (χ1) is 11.0. The van der Waals surface area contributed by atoms with Crippen molar-refractivity contribution >= 4 is 16.7 Å². The van der Waals surface area contributed by atoms with Crippen LogP contribution in [0.25, 0.3) is 10.8 Å². The third-order valence-corrected chi connectivity index (χ3v) is 3.54. The summed E-state index contributed by atoms with van der Waals surface area (Å²) in [5.74, 6) is 0.269. The van der Waals surface area contributed by atoms with Gasteiger partial charge >= 0.3 is 5.97 Å². The Kier molecular flexibility index (Phi) is 4.78. The lowest BCUT2D eigenvalue weighted by atomic mass is 10.0. The fourth-order valence-electron chi connectivity index (χ4n) is 2.50. The van der Waals surface area contributed by atoms with E-state index in [1.54, 1.807) is 19.9 Å². The van der Waals surface area contributed by atoms with Gasteiger partial charge in [0.1, 0.15) is 7.11 Å². The van der Waals surface area contributed by atoms with Crippen molar-refractivity contribution in [3.63, 3.8) is 0 Å². The van der Waals surface area contributed by atoms with Gasteiger partial charge in [-0.1, -0.05) is 0 Å².